The van der Waals surface area contributed by atoms with E-state index in [0.717, 1.165) is 30.3 Å². The Kier molecular flexibility index (Phi) is 4.98. The Bertz CT molecular complexity index is 483. The summed E-state index contributed by atoms with van der Waals surface area (Å²) < 4.78 is 0. The Labute approximate surface area is 122 Å². The van der Waals surface area contributed by atoms with Crippen LogP contribution in [0.3, 0.4) is 0 Å². The highest BCUT2D eigenvalue weighted by Gasteiger charge is 2.13. The minimum atomic E-state index is 0.345. The maximum atomic E-state index is 5.88. The van der Waals surface area contributed by atoms with E-state index in [1.807, 2.05) is 36.9 Å². The zero-order valence-corrected chi connectivity index (χ0v) is 12.4. The number of nitrogens with two attached hydrogens (primary N) is 1. The first-order chi connectivity index (χ1) is 9.16. The van der Waals surface area contributed by atoms with Gasteiger partial charge in [0, 0.05) is 30.3 Å². The molecule has 7 heteroatoms. The Morgan fingerprint density at radius 2 is 2.21 bits per heavy atom. The molecule has 0 aromatic carbocycles. The number of thiocarbonyl (C=S) groups is 1. The predicted octanol–water partition coefficient (Wildman–Crippen LogP) is 0.934. The second-order valence-corrected chi connectivity index (χ2v) is 5.79. The van der Waals surface area contributed by atoms with Crippen molar-refractivity contribution in [3.05, 3.63) is 29.6 Å². The van der Waals surface area contributed by atoms with Crippen LogP contribution >= 0.6 is 24.0 Å². The highest BCUT2D eigenvalue weighted by molar-refractivity contribution is 7.99. The molecule has 0 spiro atoms. The summed E-state index contributed by atoms with van der Waals surface area (Å²) in [4.78, 5) is 6.41. The van der Waals surface area contributed by atoms with Crippen molar-refractivity contribution in [1.82, 2.24) is 15.3 Å². The largest absolute Gasteiger partial charge is 0.380 e. The Balaban J connectivity index is 1.95. The maximum Gasteiger partial charge on any atom is 0.189 e. The molecular weight excluding hydrogens is 278 g/mol. The SMILES string of the molecule is Cc1cccc(/C(N)=N/NC(=S)N2CCSCC2)n1. The van der Waals surface area contributed by atoms with Crippen molar-refractivity contribution in [1.29, 1.82) is 0 Å². The van der Waals surface area contributed by atoms with Crippen LogP contribution in [0, 0.1) is 6.92 Å². The Morgan fingerprint density at radius 1 is 1.47 bits per heavy atom. The second-order valence-electron chi connectivity index (χ2n) is 4.18. The maximum absolute atomic E-state index is 5.88. The number of hydrazone groups is 1. The van der Waals surface area contributed by atoms with Crippen molar-refractivity contribution < 1.29 is 0 Å². The topological polar surface area (TPSA) is 66.5 Å². The van der Waals surface area contributed by atoms with Crippen molar-refractivity contribution in [3.63, 3.8) is 0 Å². The minimum absolute atomic E-state index is 0.345. The molecule has 2 heterocycles. The van der Waals surface area contributed by atoms with Gasteiger partial charge in [-0.15, -0.1) is 0 Å². The summed E-state index contributed by atoms with van der Waals surface area (Å²) in [6.45, 7) is 3.82. The molecule has 1 aromatic heterocycles. The number of pyridine rings is 1. The molecule has 0 atom stereocenters. The summed E-state index contributed by atoms with van der Waals surface area (Å²) in [5.41, 5.74) is 10.3. The van der Waals surface area contributed by atoms with Gasteiger partial charge in [-0.05, 0) is 31.3 Å². The van der Waals surface area contributed by atoms with Gasteiger partial charge >= 0.3 is 0 Å². The average molecular weight is 295 g/mol. The molecule has 1 saturated heterocycles. The standard InChI is InChI=1S/C12H17N5S2/c1-9-3-2-4-10(14-9)11(13)15-16-12(18)17-5-7-19-8-6-17/h2-4H,5-8H2,1H3,(H2,13,15)(H,16,18). The fraction of sp³-hybridized carbons (Fsp3) is 0.417. The molecule has 0 unspecified atom stereocenters. The lowest BCUT2D eigenvalue weighted by Gasteiger charge is -2.27. The van der Waals surface area contributed by atoms with Gasteiger partial charge in [-0.25, -0.2) is 4.98 Å². The predicted molar refractivity (Wildman–Crippen MR) is 84.3 cm³/mol. The number of hydrogen-bond acceptors (Lipinski definition) is 4. The van der Waals surface area contributed by atoms with E-state index in [0.29, 0.717) is 16.6 Å². The Morgan fingerprint density at radius 3 is 2.89 bits per heavy atom. The van der Waals surface area contributed by atoms with E-state index in [1.165, 1.54) is 0 Å². The van der Waals surface area contributed by atoms with Gasteiger partial charge in [-0.1, -0.05) is 6.07 Å². The van der Waals surface area contributed by atoms with Crippen LogP contribution in [0.2, 0.25) is 0 Å². The van der Waals surface area contributed by atoms with Crippen LogP contribution < -0.4 is 11.2 Å². The van der Waals surface area contributed by atoms with Gasteiger partial charge in [0.15, 0.2) is 10.9 Å². The fourth-order valence-corrected chi connectivity index (χ4v) is 2.82. The van der Waals surface area contributed by atoms with Gasteiger partial charge in [0.05, 0.1) is 0 Å². The fourth-order valence-electron chi connectivity index (χ4n) is 1.69. The average Bonchev–Trinajstić information content (AvgIpc) is 2.45. The number of amidine groups is 1. The first-order valence-corrected chi connectivity index (χ1v) is 7.63. The monoisotopic (exact) mass is 295 g/mol. The highest BCUT2D eigenvalue weighted by atomic mass is 32.2. The van der Waals surface area contributed by atoms with Crippen LogP contribution in [-0.2, 0) is 0 Å². The van der Waals surface area contributed by atoms with Crippen molar-refractivity contribution in [3.8, 4) is 0 Å². The van der Waals surface area contributed by atoms with Gasteiger partial charge in [0.1, 0.15) is 5.69 Å². The van der Waals surface area contributed by atoms with E-state index in [1.54, 1.807) is 0 Å². The molecule has 5 nitrogen and oxygen atoms in total. The number of hydrogen-bond donors (Lipinski definition) is 2. The lowest BCUT2D eigenvalue weighted by Crippen LogP contribution is -2.43. The molecule has 0 radical (unpaired) electrons. The molecule has 1 aliphatic heterocycles. The van der Waals surface area contributed by atoms with Crippen LogP contribution in [-0.4, -0.2) is 45.4 Å². The summed E-state index contributed by atoms with van der Waals surface area (Å²) in [6, 6.07) is 5.65. The third kappa shape index (κ3) is 4.07. The van der Waals surface area contributed by atoms with Crippen LogP contribution in [0.15, 0.2) is 23.3 Å². The van der Waals surface area contributed by atoms with Gasteiger partial charge in [0.25, 0.3) is 0 Å². The molecule has 102 valence electrons. The van der Waals surface area contributed by atoms with Gasteiger partial charge in [0.2, 0.25) is 0 Å². The minimum Gasteiger partial charge on any atom is -0.380 e. The molecule has 19 heavy (non-hydrogen) atoms. The molecule has 0 bridgehead atoms. The third-order valence-electron chi connectivity index (χ3n) is 2.72. The van der Waals surface area contributed by atoms with Crippen molar-refractivity contribution in [2.24, 2.45) is 10.8 Å². The van der Waals surface area contributed by atoms with E-state index in [4.69, 9.17) is 18.0 Å². The summed E-state index contributed by atoms with van der Waals surface area (Å²) in [5.74, 6) is 2.54. The molecule has 0 saturated carbocycles. The summed E-state index contributed by atoms with van der Waals surface area (Å²) in [7, 11) is 0. The van der Waals surface area contributed by atoms with E-state index in [9.17, 15) is 0 Å². The third-order valence-corrected chi connectivity index (χ3v) is 4.01. The highest BCUT2D eigenvalue weighted by Crippen LogP contribution is 2.09. The van der Waals surface area contributed by atoms with Crippen LogP contribution in [0.1, 0.15) is 11.4 Å². The smallest absolute Gasteiger partial charge is 0.189 e. The first kappa shape index (κ1) is 14.1. The molecule has 1 fully saturated rings. The summed E-state index contributed by atoms with van der Waals surface area (Å²) in [5, 5.41) is 4.72. The van der Waals surface area contributed by atoms with Crippen molar-refractivity contribution in [2.75, 3.05) is 24.6 Å². The lowest BCUT2D eigenvalue weighted by molar-refractivity contribution is 0.455. The quantitative estimate of drug-likeness (QED) is 0.366. The normalized spacial score (nSPS) is 16.3. The zero-order chi connectivity index (χ0) is 13.7. The van der Waals surface area contributed by atoms with Crippen molar-refractivity contribution >= 4 is 34.9 Å². The van der Waals surface area contributed by atoms with E-state index < -0.39 is 0 Å². The number of aromatic nitrogens is 1. The van der Waals surface area contributed by atoms with Crippen molar-refractivity contribution in [2.45, 2.75) is 6.92 Å². The molecule has 2 rings (SSSR count). The summed E-state index contributed by atoms with van der Waals surface area (Å²) in [6.07, 6.45) is 0. The van der Waals surface area contributed by atoms with E-state index >= 15 is 0 Å². The molecule has 1 aliphatic rings. The molecule has 1 aromatic rings. The number of rotatable bonds is 2. The summed E-state index contributed by atoms with van der Waals surface area (Å²) >= 11 is 7.23. The zero-order valence-electron chi connectivity index (χ0n) is 10.8. The van der Waals surface area contributed by atoms with Gasteiger partial charge < -0.3 is 10.6 Å². The number of nitrogens with one attached hydrogen (secondary N) is 1. The van der Waals surface area contributed by atoms with Crippen LogP contribution in [0.25, 0.3) is 0 Å². The second kappa shape index (κ2) is 6.72. The number of nitrogens with zero attached hydrogens (tertiary/aromatic N) is 3. The molecule has 0 aliphatic carbocycles. The van der Waals surface area contributed by atoms with E-state index in [-0.39, 0.29) is 0 Å². The molecular formula is C12H17N5S2. The lowest BCUT2D eigenvalue weighted by atomic mass is 10.3. The first-order valence-electron chi connectivity index (χ1n) is 6.06. The van der Waals surface area contributed by atoms with Crippen LogP contribution in [0.4, 0.5) is 0 Å². The Hall–Kier alpha value is -1.34. The number of aryl methyl sites for hydroxylation is 1. The van der Waals surface area contributed by atoms with Crippen LogP contribution in [0.5, 0.6) is 0 Å². The van der Waals surface area contributed by atoms with E-state index in [2.05, 4.69) is 20.4 Å². The van der Waals surface area contributed by atoms with Gasteiger partial charge in [-0.2, -0.15) is 16.9 Å². The van der Waals surface area contributed by atoms with Gasteiger partial charge in [-0.3, -0.25) is 5.43 Å². The molecule has 3 N–H and O–H groups in total. The number of thioether (sulfide) groups is 1. The molecule has 0 amide bonds.